The number of thioether (sulfide) groups is 1. The number of methoxy groups -OCH3 is 1. The van der Waals surface area contributed by atoms with E-state index in [2.05, 4.69) is 33.0 Å². The molecule has 1 rings (SSSR count). The molecule has 5 heteroatoms. The molecule has 19 heavy (non-hydrogen) atoms. The van der Waals surface area contributed by atoms with Crippen molar-refractivity contribution in [3.05, 3.63) is 0 Å². The van der Waals surface area contributed by atoms with E-state index in [1.165, 1.54) is 0 Å². The van der Waals surface area contributed by atoms with Crippen LogP contribution < -0.4 is 5.32 Å². The van der Waals surface area contributed by atoms with E-state index < -0.39 is 0 Å². The third-order valence-electron chi connectivity index (χ3n) is 3.64. The highest BCUT2D eigenvalue weighted by Crippen LogP contribution is 2.21. The van der Waals surface area contributed by atoms with E-state index in [1.54, 1.807) is 7.11 Å². The Balaban J connectivity index is 2.49. The lowest BCUT2D eigenvalue weighted by Gasteiger charge is -2.32. The highest BCUT2D eigenvalue weighted by molar-refractivity contribution is 7.99. The monoisotopic (exact) mass is 288 g/mol. The molecule has 4 nitrogen and oxygen atoms in total. The summed E-state index contributed by atoms with van der Waals surface area (Å²) in [6.45, 7) is 9.90. The molecular weight excluding hydrogens is 260 g/mol. The van der Waals surface area contributed by atoms with E-state index >= 15 is 0 Å². The van der Waals surface area contributed by atoms with Gasteiger partial charge in [0.05, 0.1) is 6.10 Å². The zero-order chi connectivity index (χ0) is 14.5. The van der Waals surface area contributed by atoms with Crippen LogP contribution in [0.25, 0.3) is 0 Å². The summed E-state index contributed by atoms with van der Waals surface area (Å²) in [6.07, 6.45) is 1.11. The molecule has 1 aliphatic rings. The predicted molar refractivity (Wildman–Crippen MR) is 81.8 cm³/mol. The topological polar surface area (TPSA) is 41.6 Å². The summed E-state index contributed by atoms with van der Waals surface area (Å²) in [4.78, 5) is 14.2. The van der Waals surface area contributed by atoms with Crippen LogP contribution in [0.5, 0.6) is 0 Å². The van der Waals surface area contributed by atoms with Crippen LogP contribution in [-0.2, 0) is 4.74 Å². The van der Waals surface area contributed by atoms with Gasteiger partial charge in [-0.05, 0) is 24.5 Å². The van der Waals surface area contributed by atoms with Gasteiger partial charge in [-0.25, -0.2) is 4.79 Å². The second kappa shape index (κ2) is 7.39. The molecule has 0 unspecified atom stereocenters. The molecule has 0 aliphatic carbocycles. The van der Waals surface area contributed by atoms with E-state index in [0.717, 1.165) is 24.5 Å². The summed E-state index contributed by atoms with van der Waals surface area (Å²) in [6, 6.07) is 0.368. The summed E-state index contributed by atoms with van der Waals surface area (Å²) in [5.41, 5.74) is 0.0300. The molecule has 0 saturated carbocycles. The highest BCUT2D eigenvalue weighted by atomic mass is 32.2. The number of rotatable bonds is 3. The average molecular weight is 288 g/mol. The molecule has 0 spiro atoms. The molecule has 0 radical (unpaired) electrons. The fraction of sp³-hybridized carbons (Fsp3) is 0.929. The normalized spacial score (nSPS) is 22.8. The second-order valence-corrected chi connectivity index (χ2v) is 7.44. The lowest BCUT2D eigenvalue weighted by Crippen LogP contribution is -2.49. The fourth-order valence-corrected chi connectivity index (χ4v) is 3.26. The Labute approximate surface area is 121 Å². The van der Waals surface area contributed by atoms with E-state index in [4.69, 9.17) is 4.74 Å². The Morgan fingerprint density at radius 1 is 1.47 bits per heavy atom. The molecule has 0 bridgehead atoms. The van der Waals surface area contributed by atoms with E-state index in [-0.39, 0.29) is 17.6 Å². The number of carbonyl (C=O) groups is 1. The summed E-state index contributed by atoms with van der Waals surface area (Å²) in [7, 11) is 1.70. The average Bonchev–Trinajstić information content (AvgIpc) is 2.52. The van der Waals surface area contributed by atoms with Gasteiger partial charge in [-0.1, -0.05) is 20.8 Å². The summed E-state index contributed by atoms with van der Waals surface area (Å²) >= 11 is 1.93. The van der Waals surface area contributed by atoms with E-state index in [1.807, 2.05) is 16.7 Å². The Bertz CT molecular complexity index is 292. The van der Waals surface area contributed by atoms with Gasteiger partial charge in [0.2, 0.25) is 0 Å². The number of nitrogens with one attached hydrogen (secondary N) is 1. The molecule has 0 aromatic carbocycles. The number of carbonyl (C=O) groups excluding carboxylic acids is 1. The van der Waals surface area contributed by atoms with Gasteiger partial charge in [0.1, 0.15) is 0 Å². The molecule has 0 aromatic rings. The Kier molecular flexibility index (Phi) is 6.47. The van der Waals surface area contributed by atoms with Gasteiger partial charge < -0.3 is 15.0 Å². The fourth-order valence-electron chi connectivity index (χ4n) is 2.22. The molecule has 0 aromatic heterocycles. The van der Waals surface area contributed by atoms with Gasteiger partial charge in [0.25, 0.3) is 0 Å². The van der Waals surface area contributed by atoms with Crippen LogP contribution in [0.2, 0.25) is 0 Å². The standard InChI is InChI=1S/C14H28N2O2S/c1-11-6-8-19-9-7-16(11)13(17)15-10-12(18-5)14(2,3)4/h11-12H,6-10H2,1-5H3,(H,15,17)/t11-,12-/m1/s1. The first-order valence-corrected chi connectivity index (χ1v) is 8.16. The van der Waals surface area contributed by atoms with Crippen molar-refractivity contribution in [2.75, 3.05) is 31.7 Å². The number of ether oxygens (including phenoxy) is 1. The van der Waals surface area contributed by atoms with E-state index in [0.29, 0.717) is 12.6 Å². The molecular formula is C14H28N2O2S. The number of nitrogens with zero attached hydrogens (tertiary/aromatic N) is 1. The molecule has 1 heterocycles. The highest BCUT2D eigenvalue weighted by Gasteiger charge is 2.27. The van der Waals surface area contributed by atoms with Crippen molar-refractivity contribution in [2.24, 2.45) is 5.41 Å². The zero-order valence-corrected chi connectivity index (χ0v) is 13.7. The zero-order valence-electron chi connectivity index (χ0n) is 12.9. The van der Waals surface area contributed by atoms with E-state index in [9.17, 15) is 4.79 Å². The minimum Gasteiger partial charge on any atom is -0.379 e. The maximum atomic E-state index is 12.3. The lowest BCUT2D eigenvalue weighted by molar-refractivity contribution is 0.0183. The van der Waals surface area contributed by atoms with Crippen LogP contribution in [0.4, 0.5) is 4.79 Å². The molecule has 1 fully saturated rings. The van der Waals surface area contributed by atoms with Crippen LogP contribution in [0.1, 0.15) is 34.1 Å². The van der Waals surface area contributed by atoms with Crippen molar-refractivity contribution in [2.45, 2.75) is 46.3 Å². The first-order chi connectivity index (χ1) is 8.86. The molecule has 2 atom stereocenters. The van der Waals surface area contributed by atoms with Gasteiger partial charge in [-0.2, -0.15) is 11.8 Å². The van der Waals surface area contributed by atoms with Crippen molar-refractivity contribution < 1.29 is 9.53 Å². The smallest absolute Gasteiger partial charge is 0.317 e. The summed E-state index contributed by atoms with van der Waals surface area (Å²) < 4.78 is 5.47. The van der Waals surface area contributed by atoms with Crippen LogP contribution in [0.3, 0.4) is 0 Å². The third-order valence-corrected chi connectivity index (χ3v) is 4.63. The first kappa shape index (κ1) is 16.6. The molecule has 1 N–H and O–H groups in total. The summed E-state index contributed by atoms with van der Waals surface area (Å²) in [5, 5.41) is 3.02. The van der Waals surface area contributed by atoms with Crippen LogP contribution >= 0.6 is 11.8 Å². The third kappa shape index (κ3) is 5.22. The quantitative estimate of drug-likeness (QED) is 0.868. The lowest BCUT2D eigenvalue weighted by atomic mass is 9.89. The Hall–Kier alpha value is -0.420. The first-order valence-electron chi connectivity index (χ1n) is 7.01. The number of urea groups is 1. The summed E-state index contributed by atoms with van der Waals surface area (Å²) in [5.74, 6) is 2.18. The molecule has 112 valence electrons. The number of hydrogen-bond acceptors (Lipinski definition) is 3. The van der Waals surface area contributed by atoms with Gasteiger partial charge >= 0.3 is 6.03 Å². The SMILES string of the molecule is CO[C@H](CNC(=O)N1CCSCC[C@H]1C)C(C)(C)C. The van der Waals surface area contributed by atoms with Crippen molar-refractivity contribution in [1.82, 2.24) is 10.2 Å². The molecule has 1 aliphatic heterocycles. The van der Waals surface area contributed by atoms with Gasteiger partial charge in [0.15, 0.2) is 0 Å². The minimum atomic E-state index is 0.0300. The Morgan fingerprint density at radius 2 is 2.16 bits per heavy atom. The predicted octanol–water partition coefficient (Wildman–Crippen LogP) is 2.58. The van der Waals surface area contributed by atoms with Gasteiger partial charge in [0, 0.05) is 32.0 Å². The number of amides is 2. The maximum absolute atomic E-state index is 12.3. The van der Waals surface area contributed by atoms with Crippen molar-refractivity contribution in [3.8, 4) is 0 Å². The second-order valence-electron chi connectivity index (χ2n) is 6.22. The van der Waals surface area contributed by atoms with Crippen LogP contribution in [0.15, 0.2) is 0 Å². The molecule has 2 amide bonds. The van der Waals surface area contributed by atoms with Crippen LogP contribution in [-0.4, -0.2) is 54.8 Å². The largest absolute Gasteiger partial charge is 0.379 e. The molecule has 1 saturated heterocycles. The Morgan fingerprint density at radius 3 is 2.74 bits per heavy atom. The van der Waals surface area contributed by atoms with Gasteiger partial charge in [-0.15, -0.1) is 0 Å². The van der Waals surface area contributed by atoms with Crippen molar-refractivity contribution in [1.29, 1.82) is 0 Å². The number of hydrogen-bond donors (Lipinski definition) is 1. The van der Waals surface area contributed by atoms with Gasteiger partial charge in [-0.3, -0.25) is 0 Å². The van der Waals surface area contributed by atoms with Crippen LogP contribution in [0, 0.1) is 5.41 Å². The minimum absolute atomic E-state index is 0.0300. The van der Waals surface area contributed by atoms with Crippen molar-refractivity contribution >= 4 is 17.8 Å². The van der Waals surface area contributed by atoms with Crippen molar-refractivity contribution in [3.63, 3.8) is 0 Å². The maximum Gasteiger partial charge on any atom is 0.317 e.